The highest BCUT2D eigenvalue weighted by Crippen LogP contribution is 2.16. The summed E-state index contributed by atoms with van der Waals surface area (Å²) in [6.07, 6.45) is 1.12. The summed E-state index contributed by atoms with van der Waals surface area (Å²) in [5.41, 5.74) is 2.56. The molecule has 3 nitrogen and oxygen atoms in total. The van der Waals surface area contributed by atoms with Crippen LogP contribution in [0.4, 0.5) is 0 Å². The summed E-state index contributed by atoms with van der Waals surface area (Å²) in [6.45, 7) is 5.21. The zero-order valence-corrected chi connectivity index (χ0v) is 13.5. The third kappa shape index (κ3) is 5.51. The van der Waals surface area contributed by atoms with Crippen molar-refractivity contribution < 1.29 is 5.11 Å². The van der Waals surface area contributed by atoms with Crippen molar-refractivity contribution in [3.05, 3.63) is 65.7 Å². The van der Waals surface area contributed by atoms with Gasteiger partial charge in [-0.2, -0.15) is 0 Å². The number of phenols is 1. The van der Waals surface area contributed by atoms with Crippen molar-refractivity contribution in [1.82, 2.24) is 10.2 Å². The van der Waals surface area contributed by atoms with Gasteiger partial charge in [0.25, 0.3) is 0 Å². The molecule has 0 aliphatic rings. The summed E-state index contributed by atoms with van der Waals surface area (Å²) >= 11 is 0. The maximum absolute atomic E-state index is 9.31. The van der Waals surface area contributed by atoms with Gasteiger partial charge in [0.15, 0.2) is 0 Å². The van der Waals surface area contributed by atoms with E-state index in [1.54, 1.807) is 12.1 Å². The molecule has 0 saturated heterocycles. The van der Waals surface area contributed by atoms with E-state index in [1.165, 1.54) is 11.1 Å². The number of hydrogen-bond donors (Lipinski definition) is 2. The number of hydrogen-bond acceptors (Lipinski definition) is 3. The Labute approximate surface area is 133 Å². The van der Waals surface area contributed by atoms with Crippen LogP contribution in [0.3, 0.4) is 0 Å². The quantitative estimate of drug-likeness (QED) is 0.731. The van der Waals surface area contributed by atoms with Gasteiger partial charge in [-0.25, -0.2) is 0 Å². The topological polar surface area (TPSA) is 35.5 Å². The molecule has 2 N–H and O–H groups in total. The molecule has 0 heterocycles. The van der Waals surface area contributed by atoms with Crippen LogP contribution < -0.4 is 5.32 Å². The maximum Gasteiger partial charge on any atom is 0.115 e. The monoisotopic (exact) mass is 298 g/mol. The van der Waals surface area contributed by atoms with Gasteiger partial charge in [0.2, 0.25) is 0 Å². The van der Waals surface area contributed by atoms with Gasteiger partial charge in [-0.05, 0) is 56.7 Å². The van der Waals surface area contributed by atoms with Crippen LogP contribution in [0.25, 0.3) is 0 Å². The normalized spacial score (nSPS) is 12.5. The number of benzene rings is 2. The lowest BCUT2D eigenvalue weighted by atomic mass is 10.1. The van der Waals surface area contributed by atoms with E-state index in [4.69, 9.17) is 0 Å². The van der Waals surface area contributed by atoms with Crippen LogP contribution in [0.5, 0.6) is 5.75 Å². The molecule has 0 amide bonds. The molecule has 0 aliphatic carbocycles. The highest BCUT2D eigenvalue weighted by atomic mass is 16.3. The van der Waals surface area contributed by atoms with Crippen LogP contribution in [0.15, 0.2) is 54.6 Å². The van der Waals surface area contributed by atoms with Gasteiger partial charge in [0.1, 0.15) is 5.75 Å². The predicted octanol–water partition coefficient (Wildman–Crippen LogP) is 3.56. The van der Waals surface area contributed by atoms with Crippen molar-refractivity contribution in [3.63, 3.8) is 0 Å². The van der Waals surface area contributed by atoms with Crippen molar-refractivity contribution in [2.75, 3.05) is 20.1 Å². The Morgan fingerprint density at radius 3 is 2.41 bits per heavy atom. The summed E-state index contributed by atoms with van der Waals surface area (Å²) in [6, 6.07) is 18.3. The number of aromatic hydroxyl groups is 1. The largest absolute Gasteiger partial charge is 0.508 e. The zero-order valence-electron chi connectivity index (χ0n) is 13.5. The minimum atomic E-state index is 0.306. The molecule has 1 atom stereocenters. The minimum Gasteiger partial charge on any atom is -0.508 e. The molecule has 0 aliphatic heterocycles. The third-order valence-corrected chi connectivity index (χ3v) is 3.86. The Morgan fingerprint density at radius 2 is 1.73 bits per heavy atom. The summed E-state index contributed by atoms with van der Waals surface area (Å²) in [4.78, 5) is 2.35. The molecule has 2 aromatic rings. The van der Waals surface area contributed by atoms with Gasteiger partial charge in [0, 0.05) is 12.6 Å². The fourth-order valence-corrected chi connectivity index (χ4v) is 2.52. The molecule has 0 radical (unpaired) electrons. The summed E-state index contributed by atoms with van der Waals surface area (Å²) in [7, 11) is 2.16. The smallest absolute Gasteiger partial charge is 0.115 e. The van der Waals surface area contributed by atoms with Gasteiger partial charge in [-0.1, -0.05) is 42.5 Å². The zero-order chi connectivity index (χ0) is 15.8. The molecule has 2 rings (SSSR count). The van der Waals surface area contributed by atoms with E-state index in [9.17, 15) is 5.11 Å². The van der Waals surface area contributed by atoms with Crippen LogP contribution in [0, 0.1) is 0 Å². The first-order valence-corrected chi connectivity index (χ1v) is 7.90. The molecule has 0 spiro atoms. The molecule has 0 saturated carbocycles. The lowest BCUT2D eigenvalue weighted by Gasteiger charge is -2.18. The molecular formula is C19H26N2O. The summed E-state index contributed by atoms with van der Waals surface area (Å²) in [5, 5.41) is 12.8. The van der Waals surface area contributed by atoms with E-state index in [0.717, 1.165) is 26.1 Å². The second-order valence-electron chi connectivity index (χ2n) is 5.84. The summed E-state index contributed by atoms with van der Waals surface area (Å²) in [5.74, 6) is 0.318. The Kier molecular flexibility index (Phi) is 6.44. The Morgan fingerprint density at radius 1 is 1.05 bits per heavy atom. The standard InChI is InChI=1S/C19H26N2O/c1-16(18-9-11-19(22)12-10-18)20-13-6-14-21(2)15-17-7-4-3-5-8-17/h3-5,7-12,16,20,22H,6,13-15H2,1-2H3. The molecule has 2 aromatic carbocycles. The maximum atomic E-state index is 9.31. The van der Waals surface area contributed by atoms with Crippen LogP contribution in [0.1, 0.15) is 30.5 Å². The number of nitrogens with one attached hydrogen (secondary N) is 1. The first kappa shape index (κ1) is 16.5. The molecule has 0 fully saturated rings. The van der Waals surface area contributed by atoms with Crippen LogP contribution in [-0.2, 0) is 6.54 Å². The summed E-state index contributed by atoms with van der Waals surface area (Å²) < 4.78 is 0. The minimum absolute atomic E-state index is 0.306. The average molecular weight is 298 g/mol. The van der Waals surface area contributed by atoms with Gasteiger partial charge < -0.3 is 15.3 Å². The molecule has 3 heteroatoms. The van der Waals surface area contributed by atoms with E-state index in [2.05, 4.69) is 54.5 Å². The number of rotatable bonds is 8. The van der Waals surface area contributed by atoms with Crippen LogP contribution in [0.2, 0.25) is 0 Å². The van der Waals surface area contributed by atoms with E-state index in [0.29, 0.717) is 11.8 Å². The van der Waals surface area contributed by atoms with Crippen molar-refractivity contribution in [2.45, 2.75) is 25.9 Å². The van der Waals surface area contributed by atoms with Gasteiger partial charge in [-0.3, -0.25) is 0 Å². The van der Waals surface area contributed by atoms with E-state index in [-0.39, 0.29) is 0 Å². The molecule has 118 valence electrons. The first-order valence-electron chi connectivity index (χ1n) is 7.90. The molecule has 0 bridgehead atoms. The van der Waals surface area contributed by atoms with Crippen molar-refractivity contribution in [2.24, 2.45) is 0 Å². The van der Waals surface area contributed by atoms with Crippen LogP contribution in [-0.4, -0.2) is 30.1 Å². The van der Waals surface area contributed by atoms with Crippen molar-refractivity contribution >= 4 is 0 Å². The molecule has 0 aromatic heterocycles. The van der Waals surface area contributed by atoms with Crippen molar-refractivity contribution in [3.8, 4) is 5.75 Å². The fourth-order valence-electron chi connectivity index (χ4n) is 2.52. The first-order chi connectivity index (χ1) is 10.6. The predicted molar refractivity (Wildman–Crippen MR) is 91.9 cm³/mol. The second kappa shape index (κ2) is 8.57. The van der Waals surface area contributed by atoms with E-state index in [1.807, 2.05) is 12.1 Å². The Hall–Kier alpha value is -1.84. The van der Waals surface area contributed by atoms with Gasteiger partial charge >= 0.3 is 0 Å². The van der Waals surface area contributed by atoms with E-state index >= 15 is 0 Å². The van der Waals surface area contributed by atoms with E-state index < -0.39 is 0 Å². The Bertz CT molecular complexity index is 539. The molecular weight excluding hydrogens is 272 g/mol. The molecule has 22 heavy (non-hydrogen) atoms. The average Bonchev–Trinajstić information content (AvgIpc) is 2.53. The van der Waals surface area contributed by atoms with Gasteiger partial charge in [0.05, 0.1) is 0 Å². The van der Waals surface area contributed by atoms with Gasteiger partial charge in [-0.15, -0.1) is 0 Å². The number of nitrogens with zero attached hydrogens (tertiary/aromatic N) is 1. The van der Waals surface area contributed by atoms with Crippen LogP contribution >= 0.6 is 0 Å². The SMILES string of the molecule is CC(NCCCN(C)Cc1ccccc1)c1ccc(O)cc1. The second-order valence-corrected chi connectivity index (χ2v) is 5.84. The lowest BCUT2D eigenvalue weighted by Crippen LogP contribution is -2.25. The molecule has 1 unspecified atom stereocenters. The fraction of sp³-hybridized carbons (Fsp3) is 0.368. The van der Waals surface area contributed by atoms with Crippen molar-refractivity contribution in [1.29, 1.82) is 0 Å². The number of phenolic OH excluding ortho intramolecular Hbond substituents is 1. The third-order valence-electron chi connectivity index (χ3n) is 3.86. The highest BCUT2D eigenvalue weighted by Gasteiger charge is 2.05. The highest BCUT2D eigenvalue weighted by molar-refractivity contribution is 5.27. The lowest BCUT2D eigenvalue weighted by molar-refractivity contribution is 0.317. The Balaban J connectivity index is 1.65.